The fourth-order valence-corrected chi connectivity index (χ4v) is 2.85. The summed E-state index contributed by atoms with van der Waals surface area (Å²) < 4.78 is 19.3. The lowest BCUT2D eigenvalue weighted by molar-refractivity contribution is 0.241. The number of hydrogen-bond donors (Lipinski definition) is 1. The Labute approximate surface area is 124 Å². The lowest BCUT2D eigenvalue weighted by Crippen LogP contribution is -2.30. The molecular formula is C17H19FN2O. The number of benzene rings is 2. The third kappa shape index (κ3) is 2.85. The van der Waals surface area contributed by atoms with Crippen molar-refractivity contribution >= 4 is 5.69 Å². The molecule has 110 valence electrons. The first-order valence-electron chi connectivity index (χ1n) is 7.08. The number of nitrogen functional groups attached to an aromatic ring is 1. The minimum absolute atomic E-state index is 0.265. The van der Waals surface area contributed by atoms with Crippen molar-refractivity contribution in [1.82, 2.24) is 4.90 Å². The number of hydrogen-bond acceptors (Lipinski definition) is 3. The summed E-state index contributed by atoms with van der Waals surface area (Å²) in [6.45, 7) is 2.31. The van der Waals surface area contributed by atoms with Crippen LogP contribution < -0.4 is 10.5 Å². The van der Waals surface area contributed by atoms with E-state index in [0.29, 0.717) is 17.9 Å². The molecule has 4 heteroatoms. The van der Waals surface area contributed by atoms with Crippen LogP contribution in [0.15, 0.2) is 36.4 Å². The van der Waals surface area contributed by atoms with Gasteiger partial charge in [0.15, 0.2) is 11.6 Å². The number of nitrogens with zero attached hydrogens (tertiary/aromatic N) is 1. The number of anilines is 1. The zero-order valence-corrected chi connectivity index (χ0v) is 12.1. The van der Waals surface area contributed by atoms with Crippen LogP contribution in [0.25, 0.3) is 0 Å². The zero-order valence-electron chi connectivity index (χ0n) is 12.1. The molecule has 0 aromatic heterocycles. The van der Waals surface area contributed by atoms with Gasteiger partial charge in [0.2, 0.25) is 0 Å². The summed E-state index contributed by atoms with van der Waals surface area (Å²) in [5, 5.41) is 0. The summed E-state index contributed by atoms with van der Waals surface area (Å²) in [6.07, 6.45) is 0.973. The number of rotatable bonds is 3. The van der Waals surface area contributed by atoms with Crippen molar-refractivity contribution in [2.24, 2.45) is 0 Å². The Kier molecular flexibility index (Phi) is 3.80. The molecule has 3 nitrogen and oxygen atoms in total. The van der Waals surface area contributed by atoms with Crippen molar-refractivity contribution in [1.29, 1.82) is 0 Å². The Hall–Kier alpha value is -2.07. The van der Waals surface area contributed by atoms with E-state index >= 15 is 0 Å². The predicted octanol–water partition coefficient (Wildman–Crippen LogP) is 2.97. The Balaban J connectivity index is 1.78. The Morgan fingerprint density at radius 1 is 1.24 bits per heavy atom. The van der Waals surface area contributed by atoms with Crippen LogP contribution in [-0.2, 0) is 19.5 Å². The van der Waals surface area contributed by atoms with E-state index in [2.05, 4.69) is 11.0 Å². The fourth-order valence-electron chi connectivity index (χ4n) is 2.85. The van der Waals surface area contributed by atoms with Gasteiger partial charge in [0, 0.05) is 30.9 Å². The highest BCUT2D eigenvalue weighted by atomic mass is 19.1. The van der Waals surface area contributed by atoms with Gasteiger partial charge in [-0.1, -0.05) is 18.2 Å². The smallest absolute Gasteiger partial charge is 0.169 e. The van der Waals surface area contributed by atoms with E-state index in [1.165, 1.54) is 18.2 Å². The maximum Gasteiger partial charge on any atom is 0.169 e. The summed E-state index contributed by atoms with van der Waals surface area (Å²) in [5.74, 6) is 0.0347. The second kappa shape index (κ2) is 5.74. The topological polar surface area (TPSA) is 38.5 Å². The molecular weight excluding hydrogens is 267 g/mol. The average Bonchev–Trinajstić information content (AvgIpc) is 2.49. The standard InChI is InChI=1S/C17H19FN2O/c1-21-16-4-2-3-13(17(16)18)10-20-8-7-12-5-6-15(19)9-14(12)11-20/h2-6,9H,7-8,10-11,19H2,1H3. The van der Waals surface area contributed by atoms with E-state index in [0.717, 1.165) is 25.2 Å². The van der Waals surface area contributed by atoms with Crippen LogP contribution in [0.4, 0.5) is 10.1 Å². The quantitative estimate of drug-likeness (QED) is 0.882. The number of halogens is 1. The summed E-state index contributed by atoms with van der Waals surface area (Å²) >= 11 is 0. The van der Waals surface area contributed by atoms with E-state index in [1.54, 1.807) is 6.07 Å². The van der Waals surface area contributed by atoms with Gasteiger partial charge in [-0.15, -0.1) is 0 Å². The molecule has 0 spiro atoms. The van der Waals surface area contributed by atoms with Crippen molar-refractivity contribution in [3.63, 3.8) is 0 Å². The maximum absolute atomic E-state index is 14.2. The van der Waals surface area contributed by atoms with E-state index in [4.69, 9.17) is 10.5 Å². The maximum atomic E-state index is 14.2. The van der Waals surface area contributed by atoms with Gasteiger partial charge in [0.05, 0.1) is 7.11 Å². The van der Waals surface area contributed by atoms with Gasteiger partial charge in [0.25, 0.3) is 0 Å². The van der Waals surface area contributed by atoms with E-state index in [9.17, 15) is 4.39 Å². The molecule has 1 aliphatic heterocycles. The summed E-state index contributed by atoms with van der Waals surface area (Å²) in [5.41, 5.74) is 9.88. The number of methoxy groups -OCH3 is 1. The van der Waals surface area contributed by atoms with Crippen molar-refractivity contribution in [2.75, 3.05) is 19.4 Å². The molecule has 0 bridgehead atoms. The molecule has 1 aliphatic rings. The first-order chi connectivity index (χ1) is 10.2. The monoisotopic (exact) mass is 286 g/mol. The van der Waals surface area contributed by atoms with Gasteiger partial charge in [-0.05, 0) is 35.7 Å². The van der Waals surface area contributed by atoms with Crippen LogP contribution >= 0.6 is 0 Å². The molecule has 0 aliphatic carbocycles. The minimum Gasteiger partial charge on any atom is -0.494 e. The molecule has 2 aromatic carbocycles. The summed E-state index contributed by atoms with van der Waals surface area (Å²) in [4.78, 5) is 2.24. The number of fused-ring (bicyclic) bond motifs is 1. The molecule has 0 radical (unpaired) electrons. The highest BCUT2D eigenvalue weighted by Gasteiger charge is 2.18. The van der Waals surface area contributed by atoms with Gasteiger partial charge >= 0.3 is 0 Å². The molecule has 0 fully saturated rings. The largest absolute Gasteiger partial charge is 0.494 e. The molecule has 0 amide bonds. The predicted molar refractivity (Wildman–Crippen MR) is 81.6 cm³/mol. The molecule has 0 saturated heterocycles. The van der Waals surface area contributed by atoms with Gasteiger partial charge in [-0.2, -0.15) is 0 Å². The van der Waals surface area contributed by atoms with E-state index in [1.807, 2.05) is 24.3 Å². The Morgan fingerprint density at radius 2 is 2.10 bits per heavy atom. The number of ether oxygens (including phenoxy) is 1. The lowest BCUT2D eigenvalue weighted by atomic mass is 9.98. The lowest BCUT2D eigenvalue weighted by Gasteiger charge is -2.29. The molecule has 0 unspecified atom stereocenters. The summed E-state index contributed by atoms with van der Waals surface area (Å²) in [7, 11) is 1.49. The molecule has 2 aromatic rings. The van der Waals surface area contributed by atoms with Crippen LogP contribution in [0, 0.1) is 5.82 Å². The van der Waals surface area contributed by atoms with Crippen molar-refractivity contribution in [3.05, 3.63) is 58.9 Å². The highest BCUT2D eigenvalue weighted by Crippen LogP contribution is 2.25. The Morgan fingerprint density at radius 3 is 2.90 bits per heavy atom. The highest BCUT2D eigenvalue weighted by molar-refractivity contribution is 5.45. The minimum atomic E-state index is -0.265. The van der Waals surface area contributed by atoms with Gasteiger partial charge < -0.3 is 10.5 Å². The fraction of sp³-hybridized carbons (Fsp3) is 0.294. The zero-order chi connectivity index (χ0) is 14.8. The van der Waals surface area contributed by atoms with Crippen LogP contribution in [-0.4, -0.2) is 18.6 Å². The summed E-state index contributed by atoms with van der Waals surface area (Å²) in [6, 6.07) is 11.3. The normalized spacial score (nSPS) is 14.8. The molecule has 3 rings (SSSR count). The molecule has 1 heterocycles. The van der Waals surface area contributed by atoms with Gasteiger partial charge in [-0.25, -0.2) is 4.39 Å². The molecule has 21 heavy (non-hydrogen) atoms. The third-order valence-corrected chi connectivity index (χ3v) is 3.98. The van der Waals surface area contributed by atoms with Gasteiger partial charge in [0.1, 0.15) is 0 Å². The second-order valence-electron chi connectivity index (χ2n) is 5.42. The van der Waals surface area contributed by atoms with Crippen molar-refractivity contribution < 1.29 is 9.13 Å². The second-order valence-corrected chi connectivity index (χ2v) is 5.42. The SMILES string of the molecule is COc1cccc(CN2CCc3ccc(N)cc3C2)c1F. The molecule has 2 N–H and O–H groups in total. The van der Waals surface area contributed by atoms with Crippen LogP contribution in [0.1, 0.15) is 16.7 Å². The van der Waals surface area contributed by atoms with Crippen LogP contribution in [0.5, 0.6) is 5.75 Å². The van der Waals surface area contributed by atoms with Gasteiger partial charge in [-0.3, -0.25) is 4.90 Å². The molecule has 0 atom stereocenters. The van der Waals surface area contributed by atoms with Crippen molar-refractivity contribution in [3.8, 4) is 5.75 Å². The van der Waals surface area contributed by atoms with Crippen LogP contribution in [0.3, 0.4) is 0 Å². The first kappa shape index (κ1) is 13.9. The van der Waals surface area contributed by atoms with E-state index in [-0.39, 0.29) is 5.82 Å². The van der Waals surface area contributed by atoms with E-state index < -0.39 is 0 Å². The average molecular weight is 286 g/mol. The van der Waals surface area contributed by atoms with Crippen molar-refractivity contribution in [2.45, 2.75) is 19.5 Å². The Bertz CT molecular complexity index is 657. The molecule has 0 saturated carbocycles. The van der Waals surface area contributed by atoms with Crippen LogP contribution in [0.2, 0.25) is 0 Å². The first-order valence-corrected chi connectivity index (χ1v) is 7.08. The number of nitrogens with two attached hydrogens (primary N) is 1. The third-order valence-electron chi connectivity index (χ3n) is 3.98.